The number of benzene rings is 3. The second-order valence-corrected chi connectivity index (χ2v) is 8.28. The van der Waals surface area contributed by atoms with Crippen molar-refractivity contribution in [2.24, 2.45) is 0 Å². The lowest BCUT2D eigenvalue weighted by Crippen LogP contribution is -2.32. The summed E-state index contributed by atoms with van der Waals surface area (Å²) in [5.41, 5.74) is 1.50. The smallest absolute Gasteiger partial charge is 0.337 e. The molecule has 0 saturated carbocycles. The number of esters is 1. The summed E-state index contributed by atoms with van der Waals surface area (Å²) in [4.78, 5) is 51.4. The van der Waals surface area contributed by atoms with Crippen molar-refractivity contribution in [3.8, 4) is 11.5 Å². The largest absolute Gasteiger partial charge is 0.497 e. The molecule has 0 unspecified atom stereocenters. The van der Waals surface area contributed by atoms with Gasteiger partial charge in [-0.1, -0.05) is 17.7 Å². The molecule has 4 rings (SSSR count). The van der Waals surface area contributed by atoms with E-state index >= 15 is 0 Å². The van der Waals surface area contributed by atoms with Crippen molar-refractivity contribution in [1.29, 1.82) is 0 Å². The maximum atomic E-state index is 13.2. The minimum Gasteiger partial charge on any atom is -0.497 e. The van der Waals surface area contributed by atoms with E-state index in [1.807, 2.05) is 0 Å². The van der Waals surface area contributed by atoms with Crippen LogP contribution in [0.25, 0.3) is 0 Å². The van der Waals surface area contributed by atoms with Crippen LogP contribution in [0.2, 0.25) is 0 Å². The SMILES string of the molecule is COC(=O)c1cccc(NC(=O)c2ccc(NC3=C(Cl)C(=O)N(c4cc(OC)ccc4OC)C3=O)cc2)c1. The van der Waals surface area contributed by atoms with Gasteiger partial charge in [0.05, 0.1) is 32.6 Å². The van der Waals surface area contributed by atoms with Gasteiger partial charge in [-0.2, -0.15) is 0 Å². The molecule has 0 atom stereocenters. The van der Waals surface area contributed by atoms with Crippen molar-refractivity contribution in [3.05, 3.63) is 88.6 Å². The zero-order valence-corrected chi connectivity index (χ0v) is 21.3. The standard InChI is InChI=1S/C27H22ClN3O7/c1-36-19-11-12-21(37-2)20(14-19)31-25(33)22(28)23(26(31)34)29-17-9-7-15(8-10-17)24(32)30-18-6-4-5-16(13-18)27(35)38-3/h4-14,29H,1-3H3,(H,30,32). The number of rotatable bonds is 8. The number of hydrogen-bond donors (Lipinski definition) is 2. The van der Waals surface area contributed by atoms with Gasteiger partial charge in [-0.25, -0.2) is 9.69 Å². The number of nitrogens with zero attached hydrogens (tertiary/aromatic N) is 1. The Morgan fingerprint density at radius 1 is 0.816 bits per heavy atom. The summed E-state index contributed by atoms with van der Waals surface area (Å²) in [6.07, 6.45) is 0. The van der Waals surface area contributed by atoms with Crippen LogP contribution < -0.4 is 25.0 Å². The zero-order chi connectivity index (χ0) is 27.4. The number of imide groups is 1. The third-order valence-electron chi connectivity index (χ3n) is 5.61. The van der Waals surface area contributed by atoms with E-state index in [0.717, 1.165) is 4.90 Å². The summed E-state index contributed by atoms with van der Waals surface area (Å²) in [6.45, 7) is 0. The molecule has 0 spiro atoms. The Balaban J connectivity index is 1.49. The van der Waals surface area contributed by atoms with Crippen molar-refractivity contribution in [2.45, 2.75) is 0 Å². The fourth-order valence-corrected chi connectivity index (χ4v) is 3.91. The maximum Gasteiger partial charge on any atom is 0.337 e. The number of methoxy groups -OCH3 is 3. The van der Waals surface area contributed by atoms with E-state index in [1.165, 1.54) is 45.6 Å². The van der Waals surface area contributed by atoms with Gasteiger partial charge in [-0.3, -0.25) is 14.4 Å². The predicted octanol–water partition coefficient (Wildman–Crippen LogP) is 4.18. The van der Waals surface area contributed by atoms with Gasteiger partial charge in [0.15, 0.2) is 0 Å². The number of carbonyl (C=O) groups is 4. The summed E-state index contributed by atoms with van der Waals surface area (Å²) < 4.78 is 15.2. The lowest BCUT2D eigenvalue weighted by molar-refractivity contribution is -0.120. The topological polar surface area (TPSA) is 123 Å². The first-order valence-corrected chi connectivity index (χ1v) is 11.5. The molecule has 1 heterocycles. The van der Waals surface area contributed by atoms with E-state index in [1.54, 1.807) is 42.5 Å². The van der Waals surface area contributed by atoms with Crippen LogP contribution in [0.1, 0.15) is 20.7 Å². The normalized spacial score (nSPS) is 12.9. The van der Waals surface area contributed by atoms with Crippen LogP contribution >= 0.6 is 11.6 Å². The predicted molar refractivity (Wildman–Crippen MR) is 141 cm³/mol. The van der Waals surface area contributed by atoms with Crippen LogP contribution in [-0.2, 0) is 14.3 Å². The van der Waals surface area contributed by atoms with Crippen LogP contribution in [-0.4, -0.2) is 45.0 Å². The third kappa shape index (κ3) is 5.16. The monoisotopic (exact) mass is 535 g/mol. The number of hydrogen-bond acceptors (Lipinski definition) is 8. The molecule has 0 bridgehead atoms. The van der Waals surface area contributed by atoms with E-state index in [-0.39, 0.29) is 22.2 Å². The van der Waals surface area contributed by atoms with Gasteiger partial charge in [0, 0.05) is 23.0 Å². The van der Waals surface area contributed by atoms with Gasteiger partial charge in [0.1, 0.15) is 22.2 Å². The third-order valence-corrected chi connectivity index (χ3v) is 5.96. The quantitative estimate of drug-likeness (QED) is 0.325. The molecule has 194 valence electrons. The first-order chi connectivity index (χ1) is 18.3. The molecular weight excluding hydrogens is 514 g/mol. The number of nitrogens with one attached hydrogen (secondary N) is 2. The summed E-state index contributed by atoms with van der Waals surface area (Å²) in [5.74, 6) is -1.64. The lowest BCUT2D eigenvalue weighted by Gasteiger charge is -2.19. The summed E-state index contributed by atoms with van der Waals surface area (Å²) in [7, 11) is 4.15. The van der Waals surface area contributed by atoms with Crippen LogP contribution in [0, 0.1) is 0 Å². The fourth-order valence-electron chi connectivity index (χ4n) is 3.70. The van der Waals surface area contributed by atoms with E-state index in [2.05, 4.69) is 10.6 Å². The first-order valence-electron chi connectivity index (χ1n) is 11.1. The Hall–Kier alpha value is -4.83. The molecule has 3 amide bonds. The highest BCUT2D eigenvalue weighted by molar-refractivity contribution is 6.53. The average Bonchev–Trinajstić information content (AvgIpc) is 3.15. The van der Waals surface area contributed by atoms with E-state index in [0.29, 0.717) is 28.3 Å². The molecule has 3 aromatic rings. The van der Waals surface area contributed by atoms with Gasteiger partial charge in [0.2, 0.25) is 0 Å². The van der Waals surface area contributed by atoms with Gasteiger partial charge >= 0.3 is 5.97 Å². The summed E-state index contributed by atoms with van der Waals surface area (Å²) in [6, 6.07) is 17.2. The van der Waals surface area contributed by atoms with Gasteiger partial charge in [-0.15, -0.1) is 0 Å². The first kappa shape index (κ1) is 26.2. The van der Waals surface area contributed by atoms with E-state index in [4.69, 9.17) is 25.8 Å². The van der Waals surface area contributed by atoms with Gasteiger partial charge in [0.25, 0.3) is 17.7 Å². The molecule has 2 N–H and O–H groups in total. The Labute approximate surface area is 222 Å². The molecule has 0 aromatic heterocycles. The number of halogens is 1. The Bertz CT molecular complexity index is 1470. The molecular formula is C27H22ClN3O7. The molecule has 3 aromatic carbocycles. The van der Waals surface area contributed by atoms with Crippen molar-refractivity contribution in [1.82, 2.24) is 0 Å². The van der Waals surface area contributed by atoms with Gasteiger partial charge < -0.3 is 24.8 Å². The lowest BCUT2D eigenvalue weighted by atomic mass is 10.1. The van der Waals surface area contributed by atoms with Crippen LogP contribution in [0.5, 0.6) is 11.5 Å². The molecule has 0 radical (unpaired) electrons. The van der Waals surface area contributed by atoms with Crippen molar-refractivity contribution in [3.63, 3.8) is 0 Å². The molecule has 0 aliphatic carbocycles. The highest BCUT2D eigenvalue weighted by atomic mass is 35.5. The van der Waals surface area contributed by atoms with Crippen molar-refractivity contribution >= 4 is 52.4 Å². The molecule has 0 saturated heterocycles. The Kier molecular flexibility index (Phi) is 7.63. The molecule has 11 heteroatoms. The molecule has 1 aliphatic heterocycles. The Morgan fingerprint density at radius 2 is 1.55 bits per heavy atom. The highest BCUT2D eigenvalue weighted by Gasteiger charge is 2.40. The molecule has 0 fully saturated rings. The van der Waals surface area contributed by atoms with Crippen LogP contribution in [0.15, 0.2) is 77.5 Å². The highest BCUT2D eigenvalue weighted by Crippen LogP contribution is 2.38. The van der Waals surface area contributed by atoms with Crippen molar-refractivity contribution < 1.29 is 33.4 Å². The van der Waals surface area contributed by atoms with E-state index < -0.39 is 23.7 Å². The molecule has 38 heavy (non-hydrogen) atoms. The summed E-state index contributed by atoms with van der Waals surface area (Å²) in [5, 5.41) is 5.27. The zero-order valence-electron chi connectivity index (χ0n) is 20.5. The maximum absolute atomic E-state index is 13.2. The number of amides is 3. The summed E-state index contributed by atoms with van der Waals surface area (Å²) >= 11 is 6.24. The number of anilines is 3. The number of ether oxygens (including phenoxy) is 3. The average molecular weight is 536 g/mol. The van der Waals surface area contributed by atoms with Crippen LogP contribution in [0.3, 0.4) is 0 Å². The van der Waals surface area contributed by atoms with Crippen molar-refractivity contribution in [2.75, 3.05) is 36.9 Å². The van der Waals surface area contributed by atoms with E-state index in [9.17, 15) is 19.2 Å². The number of carbonyl (C=O) groups excluding carboxylic acids is 4. The molecule has 10 nitrogen and oxygen atoms in total. The second-order valence-electron chi connectivity index (χ2n) is 7.90. The minimum absolute atomic E-state index is 0.127. The Morgan fingerprint density at radius 3 is 2.21 bits per heavy atom. The van der Waals surface area contributed by atoms with Gasteiger partial charge in [-0.05, 0) is 54.6 Å². The minimum atomic E-state index is -0.726. The van der Waals surface area contributed by atoms with Crippen LogP contribution in [0.4, 0.5) is 17.1 Å². The molecule has 1 aliphatic rings. The fraction of sp³-hybridized carbons (Fsp3) is 0.111. The second kappa shape index (κ2) is 11.1.